The number of methoxy groups -OCH3 is 1. The summed E-state index contributed by atoms with van der Waals surface area (Å²) >= 11 is 0. The summed E-state index contributed by atoms with van der Waals surface area (Å²) in [7, 11) is 1.79. The van der Waals surface area contributed by atoms with Crippen LogP contribution in [0, 0.1) is 11.8 Å². The monoisotopic (exact) mass is 150 g/mol. The summed E-state index contributed by atoms with van der Waals surface area (Å²) in [5, 5.41) is 0. The first kappa shape index (κ1) is 7.11. The van der Waals surface area contributed by atoms with Gasteiger partial charge in [0.15, 0.2) is 0 Å². The number of fused-ring (bicyclic) bond motifs is 2. The van der Waals surface area contributed by atoms with E-state index in [1.54, 1.807) is 7.11 Å². The van der Waals surface area contributed by atoms with Gasteiger partial charge in [0.25, 0.3) is 0 Å². The van der Waals surface area contributed by atoms with E-state index >= 15 is 0 Å². The maximum absolute atomic E-state index is 5.51. The minimum Gasteiger partial charge on any atom is -0.374 e. The van der Waals surface area contributed by atoms with E-state index in [4.69, 9.17) is 4.74 Å². The number of ether oxygens (including phenoxy) is 1. The van der Waals surface area contributed by atoms with Gasteiger partial charge >= 0.3 is 0 Å². The van der Waals surface area contributed by atoms with Crippen molar-refractivity contribution >= 4 is 0 Å². The van der Waals surface area contributed by atoms with E-state index in [1.165, 1.54) is 6.42 Å². The van der Waals surface area contributed by atoms with E-state index in [0.29, 0.717) is 5.92 Å². The molecule has 2 bridgehead atoms. The molecule has 0 radical (unpaired) electrons. The third kappa shape index (κ3) is 0.807. The Bertz CT molecular complexity index is 207. The van der Waals surface area contributed by atoms with Crippen LogP contribution in [0.3, 0.4) is 0 Å². The maximum atomic E-state index is 5.51. The van der Waals surface area contributed by atoms with E-state index in [9.17, 15) is 0 Å². The van der Waals surface area contributed by atoms with Crippen LogP contribution in [0.25, 0.3) is 0 Å². The van der Waals surface area contributed by atoms with E-state index in [0.717, 1.165) is 12.3 Å². The highest BCUT2D eigenvalue weighted by Crippen LogP contribution is 2.48. The number of hydrogen-bond donors (Lipinski definition) is 0. The van der Waals surface area contributed by atoms with Crippen LogP contribution in [0.5, 0.6) is 0 Å². The average Bonchev–Trinajstić information content (AvgIpc) is 2.62. The lowest BCUT2D eigenvalue weighted by atomic mass is 9.88. The van der Waals surface area contributed by atoms with Gasteiger partial charge in [-0.2, -0.15) is 0 Å². The minimum absolute atomic E-state index is 0.0284. The second kappa shape index (κ2) is 2.21. The molecule has 1 heteroatoms. The lowest BCUT2D eigenvalue weighted by molar-refractivity contribution is 0.0115. The first-order valence-corrected chi connectivity index (χ1v) is 4.18. The molecule has 60 valence electrons. The van der Waals surface area contributed by atoms with Gasteiger partial charge in [-0.05, 0) is 18.8 Å². The van der Waals surface area contributed by atoms with Crippen LogP contribution in [-0.2, 0) is 4.74 Å². The smallest absolute Gasteiger partial charge is 0.0924 e. The molecule has 0 aliphatic heterocycles. The van der Waals surface area contributed by atoms with Crippen LogP contribution in [0.15, 0.2) is 24.8 Å². The second-order valence-corrected chi connectivity index (χ2v) is 3.55. The Labute approximate surface area is 67.7 Å². The molecule has 0 aromatic heterocycles. The summed E-state index contributed by atoms with van der Waals surface area (Å²) < 4.78 is 5.51. The quantitative estimate of drug-likeness (QED) is 0.548. The Hall–Kier alpha value is -0.560. The molecule has 0 aromatic carbocycles. The Morgan fingerprint density at radius 3 is 2.73 bits per heavy atom. The van der Waals surface area contributed by atoms with Crippen molar-refractivity contribution in [3.05, 3.63) is 24.8 Å². The Balaban J connectivity index is 2.28. The molecule has 1 fully saturated rings. The molecule has 2 rings (SSSR count). The molecular formula is C10H14O. The lowest BCUT2D eigenvalue weighted by Crippen LogP contribution is -2.33. The van der Waals surface area contributed by atoms with Crippen LogP contribution < -0.4 is 0 Å². The van der Waals surface area contributed by atoms with E-state index in [2.05, 4.69) is 18.7 Å². The van der Waals surface area contributed by atoms with Gasteiger partial charge < -0.3 is 4.74 Å². The summed E-state index contributed by atoms with van der Waals surface area (Å²) in [5.41, 5.74) is -0.0284. The zero-order chi connectivity index (χ0) is 7.90. The van der Waals surface area contributed by atoms with Crippen LogP contribution in [0.2, 0.25) is 0 Å². The molecule has 11 heavy (non-hydrogen) atoms. The van der Waals surface area contributed by atoms with E-state index in [1.807, 2.05) is 6.08 Å². The van der Waals surface area contributed by atoms with Crippen molar-refractivity contribution in [1.82, 2.24) is 0 Å². The van der Waals surface area contributed by atoms with E-state index < -0.39 is 0 Å². The van der Waals surface area contributed by atoms with Crippen molar-refractivity contribution in [2.75, 3.05) is 7.11 Å². The number of allylic oxidation sites excluding steroid dienone is 1. The Morgan fingerprint density at radius 1 is 1.64 bits per heavy atom. The normalized spacial score (nSPS) is 46.6. The van der Waals surface area contributed by atoms with Crippen molar-refractivity contribution in [2.24, 2.45) is 11.8 Å². The predicted octanol–water partition coefficient (Wildman–Crippen LogP) is 2.15. The largest absolute Gasteiger partial charge is 0.374 e. The first-order chi connectivity index (χ1) is 5.30. The van der Waals surface area contributed by atoms with Gasteiger partial charge in [0.1, 0.15) is 0 Å². The fraction of sp³-hybridized carbons (Fsp3) is 0.600. The summed E-state index contributed by atoms with van der Waals surface area (Å²) in [6.07, 6.45) is 8.96. The molecule has 3 atom stereocenters. The predicted molar refractivity (Wildman–Crippen MR) is 45.3 cm³/mol. The molecule has 2 aliphatic rings. The van der Waals surface area contributed by atoms with E-state index in [-0.39, 0.29) is 5.60 Å². The summed E-state index contributed by atoms with van der Waals surface area (Å²) in [5.74, 6) is 1.34. The minimum atomic E-state index is -0.0284. The van der Waals surface area contributed by atoms with Gasteiger partial charge in [-0.15, -0.1) is 6.58 Å². The second-order valence-electron chi connectivity index (χ2n) is 3.55. The van der Waals surface area contributed by atoms with Gasteiger partial charge in [-0.25, -0.2) is 0 Å². The molecule has 0 spiro atoms. The molecule has 0 N–H and O–H groups in total. The molecule has 1 nitrogen and oxygen atoms in total. The van der Waals surface area contributed by atoms with Crippen LogP contribution >= 0.6 is 0 Å². The summed E-state index contributed by atoms with van der Waals surface area (Å²) in [6.45, 7) is 3.85. The van der Waals surface area contributed by atoms with Crippen molar-refractivity contribution in [3.8, 4) is 0 Å². The molecule has 0 unspecified atom stereocenters. The van der Waals surface area contributed by atoms with Crippen molar-refractivity contribution < 1.29 is 4.74 Å². The van der Waals surface area contributed by atoms with Gasteiger partial charge in [0, 0.05) is 13.0 Å². The third-order valence-corrected chi connectivity index (χ3v) is 3.11. The van der Waals surface area contributed by atoms with Crippen molar-refractivity contribution in [1.29, 1.82) is 0 Å². The average molecular weight is 150 g/mol. The summed E-state index contributed by atoms with van der Waals surface area (Å²) in [6, 6.07) is 0. The Kier molecular flexibility index (Phi) is 1.43. The zero-order valence-corrected chi connectivity index (χ0v) is 6.92. The fourth-order valence-electron chi connectivity index (χ4n) is 2.40. The molecule has 0 aromatic rings. The highest BCUT2D eigenvalue weighted by Gasteiger charge is 2.46. The number of rotatable bonds is 2. The molecule has 0 amide bonds. The van der Waals surface area contributed by atoms with Gasteiger partial charge in [0.2, 0.25) is 0 Å². The highest BCUT2D eigenvalue weighted by molar-refractivity contribution is 5.22. The lowest BCUT2D eigenvalue weighted by Gasteiger charge is -2.30. The fourth-order valence-corrected chi connectivity index (χ4v) is 2.40. The molecular weight excluding hydrogens is 136 g/mol. The Morgan fingerprint density at radius 2 is 2.45 bits per heavy atom. The maximum Gasteiger partial charge on any atom is 0.0924 e. The number of hydrogen-bond acceptors (Lipinski definition) is 1. The van der Waals surface area contributed by atoms with Crippen LogP contribution in [0.4, 0.5) is 0 Å². The molecule has 0 saturated heterocycles. The molecule has 1 saturated carbocycles. The molecule has 0 heterocycles. The van der Waals surface area contributed by atoms with Crippen molar-refractivity contribution in [3.63, 3.8) is 0 Å². The van der Waals surface area contributed by atoms with Gasteiger partial charge in [0.05, 0.1) is 5.60 Å². The SMILES string of the molecule is C=C[C@@]1(OC)C[C@H]2C=C[C@@H]1C2. The van der Waals surface area contributed by atoms with Crippen LogP contribution in [0.1, 0.15) is 12.8 Å². The molecule has 2 aliphatic carbocycles. The topological polar surface area (TPSA) is 9.23 Å². The van der Waals surface area contributed by atoms with Gasteiger partial charge in [-0.3, -0.25) is 0 Å². The van der Waals surface area contributed by atoms with Gasteiger partial charge in [-0.1, -0.05) is 18.2 Å². The third-order valence-electron chi connectivity index (χ3n) is 3.11. The standard InChI is InChI=1S/C10H14O/c1-3-10(11-2)7-8-4-5-9(10)6-8/h3-5,8-9H,1,6-7H2,2H3/t8-,9+,10+/m0/s1. The first-order valence-electron chi connectivity index (χ1n) is 4.18. The zero-order valence-electron chi connectivity index (χ0n) is 6.92. The van der Waals surface area contributed by atoms with Crippen molar-refractivity contribution in [2.45, 2.75) is 18.4 Å². The summed E-state index contributed by atoms with van der Waals surface area (Å²) in [4.78, 5) is 0. The highest BCUT2D eigenvalue weighted by atomic mass is 16.5. The van der Waals surface area contributed by atoms with Crippen LogP contribution in [-0.4, -0.2) is 12.7 Å².